The van der Waals surface area contributed by atoms with E-state index in [4.69, 9.17) is 9.26 Å². The summed E-state index contributed by atoms with van der Waals surface area (Å²) in [6.45, 7) is 1.66. The van der Waals surface area contributed by atoms with Gasteiger partial charge in [0.1, 0.15) is 24.2 Å². The number of aromatic nitrogens is 2. The van der Waals surface area contributed by atoms with Crippen LogP contribution in [0.1, 0.15) is 42.9 Å². The van der Waals surface area contributed by atoms with Crippen molar-refractivity contribution in [3.63, 3.8) is 0 Å². The largest absolute Gasteiger partial charge is 0.490 e. The lowest BCUT2D eigenvalue weighted by molar-refractivity contribution is -0.139. The van der Waals surface area contributed by atoms with Crippen molar-refractivity contribution in [1.82, 2.24) is 14.6 Å². The zero-order valence-corrected chi connectivity index (χ0v) is 16.6. The molecule has 3 heterocycles. The third kappa shape index (κ3) is 4.19. The van der Waals surface area contributed by atoms with Gasteiger partial charge in [0.15, 0.2) is 0 Å². The molecule has 0 amide bonds. The number of alkyl halides is 3. The average Bonchev–Trinajstić information content (AvgIpc) is 3.32. The van der Waals surface area contributed by atoms with Gasteiger partial charge in [-0.05, 0) is 43.9 Å². The predicted octanol–water partition coefficient (Wildman–Crippen LogP) is 5.11. The SMILES string of the molecule is FC(F)(F)Cn1ccc2c(OC3CCN(Cc4cnoc4C4CC4)CC3)cccc21. The second kappa shape index (κ2) is 7.65. The van der Waals surface area contributed by atoms with E-state index in [0.717, 1.165) is 43.6 Å². The van der Waals surface area contributed by atoms with Gasteiger partial charge in [-0.2, -0.15) is 13.2 Å². The van der Waals surface area contributed by atoms with E-state index in [1.807, 2.05) is 12.3 Å². The van der Waals surface area contributed by atoms with Crippen molar-refractivity contribution in [2.24, 2.45) is 0 Å². The highest BCUT2D eigenvalue weighted by molar-refractivity contribution is 5.86. The highest BCUT2D eigenvalue weighted by Crippen LogP contribution is 2.42. The Labute approximate surface area is 172 Å². The van der Waals surface area contributed by atoms with Gasteiger partial charge in [-0.1, -0.05) is 11.2 Å². The van der Waals surface area contributed by atoms with Crippen LogP contribution in [0.2, 0.25) is 0 Å². The molecule has 0 N–H and O–H groups in total. The van der Waals surface area contributed by atoms with E-state index >= 15 is 0 Å². The third-order valence-corrected chi connectivity index (χ3v) is 5.97. The van der Waals surface area contributed by atoms with Crippen LogP contribution in [0.5, 0.6) is 5.75 Å². The normalized spacial score (nSPS) is 18.9. The molecular weight excluding hydrogens is 395 g/mol. The molecular formula is C22H24F3N3O2. The molecule has 0 unspecified atom stereocenters. The lowest BCUT2D eigenvalue weighted by atomic mass is 10.1. The number of rotatable bonds is 6. The first-order valence-electron chi connectivity index (χ1n) is 10.4. The molecule has 5 nitrogen and oxygen atoms in total. The van der Waals surface area contributed by atoms with E-state index in [-0.39, 0.29) is 6.10 Å². The van der Waals surface area contributed by atoms with Crippen LogP contribution in [0.25, 0.3) is 10.9 Å². The maximum atomic E-state index is 12.8. The summed E-state index contributed by atoms with van der Waals surface area (Å²) < 4.78 is 51.3. The lowest BCUT2D eigenvalue weighted by Gasteiger charge is -2.32. The standard InChI is InChI=1S/C22H24F3N3O2/c23-22(24,25)14-28-11-8-18-19(28)2-1-3-20(18)29-17-6-9-27(10-7-17)13-16-12-26-30-21(16)15-4-5-15/h1-3,8,11-12,15,17H,4-7,9-10,13-14H2. The molecule has 2 aromatic heterocycles. The van der Waals surface area contributed by atoms with Gasteiger partial charge < -0.3 is 13.8 Å². The molecule has 0 radical (unpaired) electrons. The molecule has 30 heavy (non-hydrogen) atoms. The molecule has 0 bridgehead atoms. The summed E-state index contributed by atoms with van der Waals surface area (Å²) in [5, 5.41) is 4.70. The molecule has 1 saturated heterocycles. The van der Waals surface area contributed by atoms with E-state index in [9.17, 15) is 13.2 Å². The van der Waals surface area contributed by atoms with E-state index in [2.05, 4.69) is 10.1 Å². The Morgan fingerprint density at radius 2 is 1.90 bits per heavy atom. The minimum atomic E-state index is -4.25. The first-order valence-corrected chi connectivity index (χ1v) is 10.4. The third-order valence-electron chi connectivity index (χ3n) is 5.97. The first kappa shape index (κ1) is 19.5. The maximum absolute atomic E-state index is 12.8. The second-order valence-electron chi connectivity index (χ2n) is 8.33. The number of ether oxygens (including phenoxy) is 1. The molecule has 2 aliphatic rings. The number of benzene rings is 1. The van der Waals surface area contributed by atoms with Crippen molar-refractivity contribution in [2.75, 3.05) is 13.1 Å². The molecule has 8 heteroatoms. The Bertz CT molecular complexity index is 1010. The van der Waals surface area contributed by atoms with Gasteiger partial charge in [-0.15, -0.1) is 0 Å². The van der Waals surface area contributed by atoms with Crippen LogP contribution in [0, 0.1) is 0 Å². The summed E-state index contributed by atoms with van der Waals surface area (Å²) in [6.07, 6.45) is 3.26. The van der Waals surface area contributed by atoms with Crippen LogP contribution < -0.4 is 4.74 Å². The van der Waals surface area contributed by atoms with Gasteiger partial charge in [0.05, 0.1) is 11.7 Å². The summed E-state index contributed by atoms with van der Waals surface area (Å²) in [7, 11) is 0. The molecule has 2 fully saturated rings. The van der Waals surface area contributed by atoms with Gasteiger partial charge in [0, 0.05) is 42.7 Å². The first-order chi connectivity index (χ1) is 14.5. The lowest BCUT2D eigenvalue weighted by Crippen LogP contribution is -2.37. The predicted molar refractivity (Wildman–Crippen MR) is 105 cm³/mol. The van der Waals surface area contributed by atoms with Crippen LogP contribution in [0.15, 0.2) is 41.2 Å². The average molecular weight is 419 g/mol. The van der Waals surface area contributed by atoms with E-state index < -0.39 is 12.7 Å². The highest BCUT2D eigenvalue weighted by Gasteiger charge is 2.31. The van der Waals surface area contributed by atoms with E-state index in [0.29, 0.717) is 17.2 Å². The van der Waals surface area contributed by atoms with Crippen LogP contribution in [0.4, 0.5) is 13.2 Å². The van der Waals surface area contributed by atoms with Gasteiger partial charge in [-0.25, -0.2) is 0 Å². The van der Waals surface area contributed by atoms with Crippen molar-refractivity contribution in [3.05, 3.63) is 48.0 Å². The van der Waals surface area contributed by atoms with Crippen LogP contribution in [-0.2, 0) is 13.1 Å². The maximum Gasteiger partial charge on any atom is 0.406 e. The fraction of sp³-hybridized carbons (Fsp3) is 0.500. The fourth-order valence-corrected chi connectivity index (χ4v) is 4.30. The Morgan fingerprint density at radius 1 is 1.10 bits per heavy atom. The fourth-order valence-electron chi connectivity index (χ4n) is 4.30. The minimum Gasteiger partial charge on any atom is -0.490 e. The zero-order valence-electron chi connectivity index (χ0n) is 16.6. The number of halogens is 3. The summed E-state index contributed by atoms with van der Waals surface area (Å²) in [5.41, 5.74) is 1.73. The van der Waals surface area contributed by atoms with Crippen molar-refractivity contribution < 1.29 is 22.4 Å². The smallest absolute Gasteiger partial charge is 0.406 e. The summed E-state index contributed by atoms with van der Waals surface area (Å²) in [5.74, 6) is 2.25. The van der Waals surface area contributed by atoms with Gasteiger partial charge >= 0.3 is 6.18 Å². The Hall–Kier alpha value is -2.48. The number of likely N-dealkylation sites (tertiary alicyclic amines) is 1. The summed E-state index contributed by atoms with van der Waals surface area (Å²) in [4.78, 5) is 2.39. The molecule has 160 valence electrons. The molecule has 1 saturated carbocycles. The van der Waals surface area contributed by atoms with Crippen molar-refractivity contribution in [3.8, 4) is 5.75 Å². The van der Waals surface area contributed by atoms with Crippen molar-refractivity contribution >= 4 is 10.9 Å². The molecule has 0 atom stereocenters. The van der Waals surface area contributed by atoms with E-state index in [1.165, 1.54) is 29.2 Å². The number of hydrogen-bond acceptors (Lipinski definition) is 4. The van der Waals surface area contributed by atoms with Crippen molar-refractivity contribution in [2.45, 2.75) is 57.0 Å². The molecule has 1 aliphatic heterocycles. The molecule has 1 aromatic carbocycles. The topological polar surface area (TPSA) is 43.4 Å². The summed E-state index contributed by atoms with van der Waals surface area (Å²) in [6, 6.07) is 7.00. The minimum absolute atomic E-state index is 0.0585. The number of piperidine rings is 1. The van der Waals surface area contributed by atoms with Gasteiger partial charge in [0.2, 0.25) is 0 Å². The van der Waals surface area contributed by atoms with Crippen LogP contribution >= 0.6 is 0 Å². The van der Waals surface area contributed by atoms with E-state index in [1.54, 1.807) is 18.2 Å². The molecule has 5 rings (SSSR count). The molecule has 0 spiro atoms. The quantitative estimate of drug-likeness (QED) is 0.557. The van der Waals surface area contributed by atoms with Crippen molar-refractivity contribution in [1.29, 1.82) is 0 Å². The molecule has 1 aliphatic carbocycles. The number of hydrogen-bond donors (Lipinski definition) is 0. The van der Waals surface area contributed by atoms with Gasteiger partial charge in [-0.3, -0.25) is 4.90 Å². The number of nitrogens with zero attached hydrogens (tertiary/aromatic N) is 3. The Balaban J connectivity index is 1.21. The zero-order chi connectivity index (χ0) is 20.7. The number of fused-ring (bicyclic) bond motifs is 1. The monoisotopic (exact) mass is 419 g/mol. The Morgan fingerprint density at radius 3 is 2.63 bits per heavy atom. The van der Waals surface area contributed by atoms with Crippen LogP contribution in [0.3, 0.4) is 0 Å². The van der Waals surface area contributed by atoms with Gasteiger partial charge in [0.25, 0.3) is 0 Å². The molecule has 3 aromatic rings. The summed E-state index contributed by atoms with van der Waals surface area (Å²) >= 11 is 0. The van der Waals surface area contributed by atoms with Crippen LogP contribution in [-0.4, -0.2) is 40.0 Å². The second-order valence-corrected chi connectivity index (χ2v) is 8.33. The highest BCUT2D eigenvalue weighted by atomic mass is 19.4. The Kier molecular flexibility index (Phi) is 4.97.